The van der Waals surface area contributed by atoms with Crippen molar-refractivity contribution in [3.05, 3.63) is 83.2 Å². The van der Waals surface area contributed by atoms with Gasteiger partial charge in [-0.3, -0.25) is 6.08 Å². The van der Waals surface area contributed by atoms with E-state index >= 15 is 0 Å². The maximum Gasteiger partial charge on any atom is 4.00 e. The Morgan fingerprint density at radius 2 is 1.69 bits per heavy atom. The summed E-state index contributed by atoms with van der Waals surface area (Å²) in [5, 5.41) is 2.62. The van der Waals surface area contributed by atoms with E-state index in [0.29, 0.717) is 0 Å². The van der Waals surface area contributed by atoms with E-state index in [1.54, 1.807) is 0 Å². The molecule has 0 atom stereocenters. The van der Waals surface area contributed by atoms with Gasteiger partial charge in [0, 0.05) is 11.9 Å². The quantitative estimate of drug-likeness (QED) is 0.450. The van der Waals surface area contributed by atoms with Crippen LogP contribution in [0.25, 0.3) is 16.5 Å². The monoisotopic (exact) mass is 461 g/mol. The van der Waals surface area contributed by atoms with Crippen LogP contribution in [0, 0.1) is 19.9 Å². The molecule has 0 saturated carbocycles. The molecule has 0 radical (unpaired) electrons. The normalized spacial score (nSPS) is 12.0. The van der Waals surface area contributed by atoms with Gasteiger partial charge in [-0.1, -0.05) is 13.0 Å². The molecule has 4 rings (SSSR count). The zero-order valence-electron chi connectivity index (χ0n) is 15.6. The molecule has 1 aliphatic carbocycles. The van der Waals surface area contributed by atoms with Crippen LogP contribution >= 0.6 is 0 Å². The summed E-state index contributed by atoms with van der Waals surface area (Å²) in [6.45, 7) is 8.49. The molecule has 1 nitrogen and oxygen atoms in total. The van der Waals surface area contributed by atoms with Crippen molar-refractivity contribution in [2.45, 2.75) is 34.1 Å². The summed E-state index contributed by atoms with van der Waals surface area (Å²) in [5.74, 6) is 0. The van der Waals surface area contributed by atoms with Crippen molar-refractivity contribution >= 4 is 10.8 Å². The number of fused-ring (bicyclic) bond motifs is 1. The van der Waals surface area contributed by atoms with Crippen LogP contribution in [0.4, 0.5) is 0 Å². The van der Waals surface area contributed by atoms with Gasteiger partial charge in [-0.05, 0) is 31.2 Å². The van der Waals surface area contributed by atoms with Crippen LogP contribution in [-0.2, 0) is 26.2 Å². The minimum absolute atomic E-state index is 0. The van der Waals surface area contributed by atoms with Crippen LogP contribution in [0.3, 0.4) is 0 Å². The van der Waals surface area contributed by atoms with Gasteiger partial charge < -0.3 is 29.4 Å². The smallest absolute Gasteiger partial charge is 1.00 e. The fourth-order valence-electron chi connectivity index (χ4n) is 2.94. The second-order valence-corrected chi connectivity index (χ2v) is 6.26. The molecule has 1 aliphatic rings. The molecule has 0 saturated heterocycles. The predicted molar refractivity (Wildman–Crippen MR) is 99.1 cm³/mol. The number of halogens is 2. The Labute approximate surface area is 188 Å². The first kappa shape index (κ1) is 25.1. The number of benzene rings is 1. The maximum atomic E-state index is 3.19. The average molecular weight is 464 g/mol. The number of hydrogen-bond acceptors (Lipinski definition) is 0. The van der Waals surface area contributed by atoms with Crippen molar-refractivity contribution in [2.24, 2.45) is 0 Å². The molecule has 1 heterocycles. The number of aromatic nitrogens is 1. The summed E-state index contributed by atoms with van der Waals surface area (Å²) in [6, 6.07) is 15.2. The van der Waals surface area contributed by atoms with Gasteiger partial charge in [0.05, 0.1) is 0 Å². The Kier molecular flexibility index (Phi) is 10.6. The van der Waals surface area contributed by atoms with Crippen LogP contribution in [-0.4, -0.2) is 4.57 Å². The van der Waals surface area contributed by atoms with Crippen molar-refractivity contribution in [2.75, 3.05) is 0 Å². The summed E-state index contributed by atoms with van der Waals surface area (Å²) in [4.78, 5) is 0. The minimum Gasteiger partial charge on any atom is -1.00 e. The number of rotatable bonds is 1. The van der Waals surface area contributed by atoms with Gasteiger partial charge >= 0.3 is 26.2 Å². The summed E-state index contributed by atoms with van der Waals surface area (Å²) < 4.78 is 2.25. The Morgan fingerprint density at radius 3 is 2.15 bits per heavy atom. The number of allylic oxidation sites excluding steroid dienone is 4. The summed E-state index contributed by atoms with van der Waals surface area (Å²) in [6.07, 6.45) is 8.59. The molecule has 4 heteroatoms. The Bertz CT molecular complexity index is 851. The molecule has 0 bridgehead atoms. The summed E-state index contributed by atoms with van der Waals surface area (Å²) >= 11 is 0. The fraction of sp³-hybridized carbons (Fsp3) is 0.227. The van der Waals surface area contributed by atoms with Crippen LogP contribution in [0.2, 0.25) is 0 Å². The molecule has 3 aromatic rings. The van der Waals surface area contributed by atoms with Gasteiger partial charge in [-0.2, -0.15) is 6.08 Å². The molecule has 0 aliphatic heterocycles. The van der Waals surface area contributed by atoms with Gasteiger partial charge in [-0.25, -0.2) is 11.1 Å². The van der Waals surface area contributed by atoms with Gasteiger partial charge in [0.2, 0.25) is 0 Å². The maximum absolute atomic E-state index is 3.19. The van der Waals surface area contributed by atoms with Crippen molar-refractivity contribution in [1.29, 1.82) is 0 Å². The van der Waals surface area contributed by atoms with Crippen molar-refractivity contribution in [3.63, 3.8) is 0 Å². The van der Waals surface area contributed by atoms with Gasteiger partial charge in [-0.15, -0.1) is 54.4 Å². The molecule has 2 aromatic carbocycles. The first-order valence-electron chi connectivity index (χ1n) is 8.10. The van der Waals surface area contributed by atoms with E-state index in [2.05, 4.69) is 93.1 Å². The van der Waals surface area contributed by atoms with E-state index < -0.39 is 0 Å². The second-order valence-electron chi connectivity index (χ2n) is 6.26. The topological polar surface area (TPSA) is 4.93 Å². The standard InChI is InChI=1S/C15H14N.C7H9.2ClH.Zr/c1-11-7-12(2)16(10-11)15-8-13-5-3-4-6-14(13)9-15;1-6-4-3-5-7(6)2;;;/h3-10H,1-2H3;4H,3H2,1-2H3;2*1H;/q2*-1;;;+4/p-2. The molecule has 0 fully saturated rings. The third kappa shape index (κ3) is 5.78. The Morgan fingerprint density at radius 1 is 1.00 bits per heavy atom. The van der Waals surface area contributed by atoms with Crippen molar-refractivity contribution < 1.29 is 51.0 Å². The zero-order valence-corrected chi connectivity index (χ0v) is 19.6. The van der Waals surface area contributed by atoms with E-state index in [1.165, 1.54) is 38.9 Å². The van der Waals surface area contributed by atoms with E-state index in [4.69, 9.17) is 0 Å². The number of hydrogen-bond donors (Lipinski definition) is 0. The zero-order chi connectivity index (χ0) is 16.4. The van der Waals surface area contributed by atoms with E-state index in [0.717, 1.165) is 6.42 Å². The number of nitrogens with zero attached hydrogens (tertiary/aromatic N) is 1. The van der Waals surface area contributed by atoms with Gasteiger partial charge in [0.25, 0.3) is 0 Å². The molecule has 0 N–H and O–H groups in total. The molecule has 0 spiro atoms. The molecular weight excluding hydrogens is 440 g/mol. The van der Waals surface area contributed by atoms with Crippen LogP contribution in [0.1, 0.15) is 31.5 Å². The van der Waals surface area contributed by atoms with Crippen LogP contribution in [0.5, 0.6) is 0 Å². The third-order valence-corrected chi connectivity index (χ3v) is 4.40. The van der Waals surface area contributed by atoms with E-state index in [-0.39, 0.29) is 51.0 Å². The molecule has 26 heavy (non-hydrogen) atoms. The van der Waals surface area contributed by atoms with E-state index in [1.807, 2.05) is 0 Å². The van der Waals surface area contributed by atoms with Gasteiger partial charge in [0.1, 0.15) is 0 Å². The van der Waals surface area contributed by atoms with Gasteiger partial charge in [0.15, 0.2) is 0 Å². The fourth-order valence-corrected chi connectivity index (χ4v) is 2.94. The summed E-state index contributed by atoms with van der Waals surface area (Å²) in [5.41, 5.74) is 6.56. The molecular formula is C22H23Cl2NZr. The first-order valence-corrected chi connectivity index (χ1v) is 8.10. The van der Waals surface area contributed by atoms with Crippen LogP contribution < -0.4 is 24.8 Å². The Hall–Kier alpha value is -0.947. The minimum atomic E-state index is 0. The Balaban J connectivity index is 0.000000542. The molecule has 0 unspecified atom stereocenters. The molecule has 1 aromatic heterocycles. The SMILES string of the molecule is CC1=[C-]CC=C1C.Cc1cc(C)n(-c2cc3ccccc3[cH-]2)c1.[Cl-].[Cl-].[Zr+4]. The summed E-state index contributed by atoms with van der Waals surface area (Å²) in [7, 11) is 0. The molecule has 134 valence electrons. The first-order chi connectivity index (χ1) is 11.0. The molecule has 0 amide bonds. The number of aryl methyl sites for hydroxylation is 2. The third-order valence-electron chi connectivity index (χ3n) is 4.40. The van der Waals surface area contributed by atoms with Crippen molar-refractivity contribution in [1.82, 2.24) is 4.57 Å². The average Bonchev–Trinajstić information content (AvgIpc) is 3.19. The largest absolute Gasteiger partial charge is 4.00 e. The second kappa shape index (κ2) is 11.0. The van der Waals surface area contributed by atoms with E-state index in [9.17, 15) is 0 Å². The van der Waals surface area contributed by atoms with Crippen molar-refractivity contribution in [3.8, 4) is 5.69 Å². The van der Waals surface area contributed by atoms with Crippen LogP contribution in [0.15, 0.2) is 65.9 Å². The predicted octanol–water partition coefficient (Wildman–Crippen LogP) is 0.0576.